The second-order valence-electron chi connectivity index (χ2n) is 6.02. The minimum atomic E-state index is -4.65. The van der Waals surface area contributed by atoms with Gasteiger partial charge in [0.2, 0.25) is 0 Å². The van der Waals surface area contributed by atoms with Crippen LogP contribution >= 0.6 is 0 Å². The average molecular weight is 357 g/mol. The highest BCUT2D eigenvalue weighted by molar-refractivity contribution is 5.91. The number of hydrogen-bond acceptors (Lipinski definition) is 3. The van der Waals surface area contributed by atoms with E-state index < -0.39 is 29.6 Å². The Hall–Kier alpha value is -2.58. The zero-order valence-electron chi connectivity index (χ0n) is 13.2. The molecule has 1 aliphatic carbocycles. The minimum Gasteiger partial charge on any atom is -0.490 e. The first kappa shape index (κ1) is 17.2. The quantitative estimate of drug-likeness (QED) is 0.854. The van der Waals surface area contributed by atoms with Crippen LogP contribution in [0.25, 0.3) is 0 Å². The number of carbonyl (C=O) groups is 1. The molecule has 1 heterocycles. The Kier molecular flexibility index (Phi) is 4.18. The smallest absolute Gasteiger partial charge is 0.416 e. The van der Waals surface area contributed by atoms with Gasteiger partial charge in [0.15, 0.2) is 0 Å². The fraction of sp³-hybridized carbons (Fsp3) is 0.375. The summed E-state index contributed by atoms with van der Waals surface area (Å²) in [4.78, 5) is 11.4. The fourth-order valence-electron chi connectivity index (χ4n) is 2.80. The number of nitrogens with two attached hydrogens (primary N) is 1. The molecule has 1 amide bonds. The fourth-order valence-corrected chi connectivity index (χ4v) is 2.80. The number of benzene rings is 1. The van der Waals surface area contributed by atoms with E-state index in [1.54, 1.807) is 13.0 Å². The normalized spacial score (nSPS) is 20.2. The van der Waals surface area contributed by atoms with Crippen molar-refractivity contribution in [3.05, 3.63) is 47.0 Å². The Morgan fingerprint density at radius 3 is 2.56 bits per heavy atom. The van der Waals surface area contributed by atoms with Gasteiger partial charge in [-0.25, -0.2) is 4.39 Å². The van der Waals surface area contributed by atoms with Crippen molar-refractivity contribution >= 4 is 5.91 Å². The van der Waals surface area contributed by atoms with Crippen LogP contribution in [0.5, 0.6) is 5.75 Å². The number of carbonyl (C=O) groups excluding carboxylic acids is 1. The van der Waals surface area contributed by atoms with Crippen LogP contribution in [0.15, 0.2) is 24.3 Å². The van der Waals surface area contributed by atoms with E-state index in [2.05, 4.69) is 5.10 Å². The van der Waals surface area contributed by atoms with Crippen molar-refractivity contribution < 1.29 is 27.1 Å². The van der Waals surface area contributed by atoms with Crippen molar-refractivity contribution in [2.24, 2.45) is 5.73 Å². The lowest BCUT2D eigenvalue weighted by molar-refractivity contribution is -0.138. The summed E-state index contributed by atoms with van der Waals surface area (Å²) < 4.78 is 58.4. The molecular weight excluding hydrogens is 342 g/mol. The van der Waals surface area contributed by atoms with Gasteiger partial charge in [0.25, 0.3) is 5.91 Å². The van der Waals surface area contributed by atoms with Crippen LogP contribution in [-0.4, -0.2) is 21.8 Å². The van der Waals surface area contributed by atoms with Crippen LogP contribution in [0.1, 0.15) is 40.6 Å². The summed E-state index contributed by atoms with van der Waals surface area (Å²) >= 11 is 0. The molecule has 9 heteroatoms. The molecular formula is C16H15F4N3O2. The van der Waals surface area contributed by atoms with Gasteiger partial charge in [0.1, 0.15) is 23.4 Å². The molecule has 1 aromatic heterocycles. The first-order valence-electron chi connectivity index (χ1n) is 7.54. The largest absolute Gasteiger partial charge is 0.490 e. The number of aromatic nitrogens is 2. The molecule has 3 rings (SSSR count). The molecule has 0 saturated heterocycles. The van der Waals surface area contributed by atoms with Crippen LogP contribution in [0.3, 0.4) is 0 Å². The van der Waals surface area contributed by atoms with Gasteiger partial charge in [-0.05, 0) is 25.1 Å². The minimum absolute atomic E-state index is 0.142. The zero-order valence-corrected chi connectivity index (χ0v) is 13.2. The van der Waals surface area contributed by atoms with Gasteiger partial charge < -0.3 is 10.5 Å². The first-order valence-corrected chi connectivity index (χ1v) is 7.54. The number of amides is 1. The summed E-state index contributed by atoms with van der Waals surface area (Å²) in [5.74, 6) is -1.80. The summed E-state index contributed by atoms with van der Waals surface area (Å²) in [5, 5.41) is 4.21. The number of alkyl halides is 3. The molecule has 134 valence electrons. The van der Waals surface area contributed by atoms with Crippen LogP contribution in [0.4, 0.5) is 17.6 Å². The molecule has 0 aliphatic heterocycles. The van der Waals surface area contributed by atoms with E-state index in [0.717, 1.165) is 12.1 Å². The van der Waals surface area contributed by atoms with Crippen molar-refractivity contribution in [3.8, 4) is 5.75 Å². The molecule has 0 bridgehead atoms. The number of primary amides is 1. The van der Waals surface area contributed by atoms with Crippen molar-refractivity contribution in [1.29, 1.82) is 0 Å². The lowest BCUT2D eigenvalue weighted by Gasteiger charge is -2.36. The van der Waals surface area contributed by atoms with E-state index in [-0.39, 0.29) is 17.5 Å². The Bertz CT molecular complexity index is 810. The molecule has 1 fully saturated rings. The highest BCUT2D eigenvalue weighted by atomic mass is 19.4. The third-order valence-corrected chi connectivity index (χ3v) is 4.03. The van der Waals surface area contributed by atoms with Gasteiger partial charge in [-0.1, -0.05) is 0 Å². The summed E-state index contributed by atoms with van der Waals surface area (Å²) in [5.41, 5.74) is 5.10. The molecule has 0 spiro atoms. The lowest BCUT2D eigenvalue weighted by atomic mass is 9.89. The van der Waals surface area contributed by atoms with Gasteiger partial charge in [0.05, 0.1) is 17.3 Å². The van der Waals surface area contributed by atoms with E-state index >= 15 is 0 Å². The van der Waals surface area contributed by atoms with E-state index in [4.69, 9.17) is 10.5 Å². The molecule has 1 aromatic carbocycles. The van der Waals surface area contributed by atoms with Gasteiger partial charge in [-0.2, -0.15) is 18.3 Å². The highest BCUT2D eigenvalue weighted by Crippen LogP contribution is 2.38. The second-order valence-corrected chi connectivity index (χ2v) is 6.02. The Labute approximate surface area is 140 Å². The predicted molar refractivity (Wildman–Crippen MR) is 79.6 cm³/mol. The lowest BCUT2D eigenvalue weighted by Crippen LogP contribution is -2.37. The Morgan fingerprint density at radius 1 is 1.28 bits per heavy atom. The summed E-state index contributed by atoms with van der Waals surface area (Å²) in [6, 6.07) is 3.52. The van der Waals surface area contributed by atoms with Gasteiger partial charge in [-0.15, -0.1) is 0 Å². The summed E-state index contributed by atoms with van der Waals surface area (Å²) in [6.07, 6.45) is -4.18. The van der Waals surface area contributed by atoms with Crippen molar-refractivity contribution in [3.63, 3.8) is 0 Å². The standard InChI is InChI=1S/C16H15F4N3O2/c1-8-2-14(15(21)24)23(22-8)11-6-13(7-11)25-12-4-9(16(18,19)20)3-10(17)5-12/h2-5,11,13H,6-7H2,1H3,(H2,21,24). The number of ether oxygens (including phenoxy) is 1. The maximum atomic E-state index is 13.4. The molecule has 25 heavy (non-hydrogen) atoms. The van der Waals surface area contributed by atoms with Gasteiger partial charge >= 0.3 is 6.18 Å². The Morgan fingerprint density at radius 2 is 1.96 bits per heavy atom. The van der Waals surface area contributed by atoms with Crippen molar-refractivity contribution in [1.82, 2.24) is 9.78 Å². The van der Waals surface area contributed by atoms with E-state index in [1.807, 2.05) is 0 Å². The third kappa shape index (κ3) is 3.59. The number of nitrogens with zero attached hydrogens (tertiary/aromatic N) is 2. The molecule has 5 nitrogen and oxygen atoms in total. The molecule has 1 saturated carbocycles. The van der Waals surface area contributed by atoms with Gasteiger partial charge in [-0.3, -0.25) is 9.48 Å². The SMILES string of the molecule is Cc1cc(C(N)=O)n(C2CC(Oc3cc(F)cc(C(F)(F)F)c3)C2)n1. The predicted octanol–water partition coefficient (Wildman–Crippen LogP) is 3.23. The van der Waals surface area contributed by atoms with E-state index in [9.17, 15) is 22.4 Å². The van der Waals surface area contributed by atoms with Crippen LogP contribution in [-0.2, 0) is 6.18 Å². The zero-order chi connectivity index (χ0) is 18.4. The third-order valence-electron chi connectivity index (χ3n) is 4.03. The molecule has 1 aliphatic rings. The van der Waals surface area contributed by atoms with Gasteiger partial charge in [0, 0.05) is 18.9 Å². The van der Waals surface area contributed by atoms with Crippen LogP contribution < -0.4 is 10.5 Å². The van der Waals surface area contributed by atoms with Crippen LogP contribution in [0.2, 0.25) is 0 Å². The van der Waals surface area contributed by atoms with Crippen LogP contribution in [0, 0.1) is 12.7 Å². The van der Waals surface area contributed by atoms with E-state index in [0.29, 0.717) is 24.6 Å². The monoisotopic (exact) mass is 357 g/mol. The second kappa shape index (κ2) is 6.05. The molecule has 0 unspecified atom stereocenters. The topological polar surface area (TPSA) is 70.1 Å². The number of rotatable bonds is 4. The average Bonchev–Trinajstić information content (AvgIpc) is 2.82. The summed E-state index contributed by atoms with van der Waals surface area (Å²) in [7, 11) is 0. The van der Waals surface area contributed by atoms with Crippen molar-refractivity contribution in [2.45, 2.75) is 38.1 Å². The molecule has 2 aromatic rings. The maximum absolute atomic E-state index is 13.4. The molecule has 2 N–H and O–H groups in total. The molecule has 0 radical (unpaired) electrons. The Balaban J connectivity index is 1.69. The maximum Gasteiger partial charge on any atom is 0.416 e. The number of aryl methyl sites for hydroxylation is 1. The van der Waals surface area contributed by atoms with Crippen molar-refractivity contribution in [2.75, 3.05) is 0 Å². The first-order chi connectivity index (χ1) is 11.6. The van der Waals surface area contributed by atoms with E-state index in [1.165, 1.54) is 4.68 Å². The molecule has 0 atom stereocenters. The summed E-state index contributed by atoms with van der Waals surface area (Å²) in [6.45, 7) is 1.72. The number of hydrogen-bond donors (Lipinski definition) is 1. The highest BCUT2D eigenvalue weighted by Gasteiger charge is 2.36. The number of halogens is 4.